The number of carbonyl (C=O) groups excluding carboxylic acids is 1. The second kappa shape index (κ2) is 6.24. The molecule has 1 saturated carbocycles. The van der Waals surface area contributed by atoms with Crippen LogP contribution in [-0.2, 0) is 4.74 Å². The molecule has 1 fully saturated rings. The fourth-order valence-electron chi connectivity index (χ4n) is 2.20. The van der Waals surface area contributed by atoms with E-state index in [9.17, 15) is 4.79 Å². The first-order valence-corrected chi connectivity index (χ1v) is 6.61. The van der Waals surface area contributed by atoms with Gasteiger partial charge in [0.1, 0.15) is 5.60 Å². The summed E-state index contributed by atoms with van der Waals surface area (Å²) in [4.78, 5) is 11.5. The van der Waals surface area contributed by atoms with E-state index in [1.807, 2.05) is 20.8 Å². The van der Waals surface area contributed by atoms with Crippen LogP contribution in [-0.4, -0.2) is 24.3 Å². The Morgan fingerprint density at radius 1 is 1.29 bits per heavy atom. The third-order valence-electron chi connectivity index (χ3n) is 3.13. The molecule has 0 radical (unpaired) electrons. The van der Waals surface area contributed by atoms with Gasteiger partial charge in [-0.05, 0) is 39.5 Å². The van der Waals surface area contributed by atoms with Crippen molar-refractivity contribution < 1.29 is 9.53 Å². The molecule has 2 atom stereocenters. The summed E-state index contributed by atoms with van der Waals surface area (Å²) in [5, 5.41) is 2.83. The molecule has 0 aromatic carbocycles. The number of ether oxygens (including phenoxy) is 1. The second-order valence-electron chi connectivity index (χ2n) is 5.94. The average Bonchev–Trinajstić information content (AvgIpc) is 2.37. The van der Waals surface area contributed by atoms with Crippen LogP contribution in [0.2, 0.25) is 0 Å². The molecule has 17 heavy (non-hydrogen) atoms. The Hall–Kier alpha value is -0.770. The van der Waals surface area contributed by atoms with Crippen molar-refractivity contribution in [2.45, 2.75) is 64.5 Å². The zero-order valence-electron chi connectivity index (χ0n) is 11.3. The van der Waals surface area contributed by atoms with Crippen molar-refractivity contribution in [3.8, 4) is 0 Å². The lowest BCUT2D eigenvalue weighted by molar-refractivity contribution is 0.0516. The van der Waals surface area contributed by atoms with E-state index in [0.29, 0.717) is 12.5 Å². The molecule has 0 unspecified atom stereocenters. The monoisotopic (exact) mass is 242 g/mol. The van der Waals surface area contributed by atoms with Crippen LogP contribution < -0.4 is 11.1 Å². The van der Waals surface area contributed by atoms with Gasteiger partial charge in [-0.1, -0.05) is 19.3 Å². The largest absolute Gasteiger partial charge is 0.444 e. The Labute approximate surface area is 104 Å². The van der Waals surface area contributed by atoms with Gasteiger partial charge in [-0.3, -0.25) is 0 Å². The molecule has 1 aliphatic carbocycles. The maximum atomic E-state index is 11.5. The van der Waals surface area contributed by atoms with Crippen LogP contribution >= 0.6 is 0 Å². The predicted molar refractivity (Wildman–Crippen MR) is 68.8 cm³/mol. The highest BCUT2D eigenvalue weighted by atomic mass is 16.6. The molecule has 0 heterocycles. The highest BCUT2D eigenvalue weighted by Gasteiger charge is 2.22. The van der Waals surface area contributed by atoms with Gasteiger partial charge in [-0.15, -0.1) is 0 Å². The summed E-state index contributed by atoms with van der Waals surface area (Å²) in [7, 11) is 0. The SMILES string of the molecule is CC(C)(C)OC(=O)NC[C@@H]1CCCCC[C@H]1N. The number of nitrogens with one attached hydrogen (secondary N) is 1. The predicted octanol–water partition coefficient (Wildman–Crippen LogP) is 2.42. The Morgan fingerprint density at radius 3 is 2.59 bits per heavy atom. The topological polar surface area (TPSA) is 64.3 Å². The Kier molecular flexibility index (Phi) is 5.25. The van der Waals surface area contributed by atoms with E-state index in [1.54, 1.807) is 0 Å². The zero-order chi connectivity index (χ0) is 12.9. The summed E-state index contributed by atoms with van der Waals surface area (Å²) in [6, 6.07) is 0.215. The molecule has 100 valence electrons. The van der Waals surface area contributed by atoms with Crippen molar-refractivity contribution in [2.24, 2.45) is 11.7 Å². The van der Waals surface area contributed by atoms with Crippen molar-refractivity contribution in [1.29, 1.82) is 0 Å². The molecule has 1 aliphatic rings. The van der Waals surface area contributed by atoms with Crippen LogP contribution in [0.4, 0.5) is 4.79 Å². The summed E-state index contributed by atoms with van der Waals surface area (Å²) < 4.78 is 5.20. The standard InChI is InChI=1S/C13H26N2O2/c1-13(2,3)17-12(16)15-9-10-7-5-4-6-8-11(10)14/h10-11H,4-9,14H2,1-3H3,(H,15,16)/t10-,11+/m0/s1. The lowest BCUT2D eigenvalue weighted by Crippen LogP contribution is -2.40. The van der Waals surface area contributed by atoms with E-state index in [-0.39, 0.29) is 12.1 Å². The molecular formula is C13H26N2O2. The zero-order valence-corrected chi connectivity index (χ0v) is 11.3. The van der Waals surface area contributed by atoms with Gasteiger partial charge in [0.15, 0.2) is 0 Å². The number of nitrogens with two attached hydrogens (primary N) is 1. The summed E-state index contributed by atoms with van der Waals surface area (Å²) in [6.45, 7) is 6.23. The van der Waals surface area contributed by atoms with Gasteiger partial charge in [-0.2, -0.15) is 0 Å². The third kappa shape index (κ3) is 5.91. The van der Waals surface area contributed by atoms with E-state index in [1.165, 1.54) is 19.3 Å². The minimum atomic E-state index is -0.435. The quantitative estimate of drug-likeness (QED) is 0.731. The Morgan fingerprint density at radius 2 is 1.94 bits per heavy atom. The van der Waals surface area contributed by atoms with Gasteiger partial charge in [-0.25, -0.2) is 4.79 Å². The van der Waals surface area contributed by atoms with Crippen LogP contribution in [0.3, 0.4) is 0 Å². The number of hydrogen-bond acceptors (Lipinski definition) is 3. The van der Waals surface area contributed by atoms with Gasteiger partial charge in [0, 0.05) is 12.6 Å². The fraction of sp³-hybridized carbons (Fsp3) is 0.923. The number of amides is 1. The van der Waals surface area contributed by atoms with Gasteiger partial charge >= 0.3 is 6.09 Å². The van der Waals surface area contributed by atoms with Crippen molar-refractivity contribution in [3.63, 3.8) is 0 Å². The highest BCUT2D eigenvalue weighted by molar-refractivity contribution is 5.67. The first-order chi connectivity index (χ1) is 7.88. The van der Waals surface area contributed by atoms with Crippen molar-refractivity contribution >= 4 is 6.09 Å². The number of carbonyl (C=O) groups is 1. The summed E-state index contributed by atoms with van der Waals surface area (Å²) in [6.07, 6.45) is 5.53. The normalized spacial score (nSPS) is 26.1. The average molecular weight is 242 g/mol. The maximum absolute atomic E-state index is 11.5. The molecule has 0 aromatic heterocycles. The summed E-state index contributed by atoms with van der Waals surface area (Å²) in [5.74, 6) is 0.394. The second-order valence-corrected chi connectivity index (χ2v) is 5.94. The van der Waals surface area contributed by atoms with Crippen LogP contribution in [0, 0.1) is 5.92 Å². The molecule has 1 amide bonds. The lowest BCUT2D eigenvalue weighted by atomic mass is 9.96. The number of rotatable bonds is 2. The van der Waals surface area contributed by atoms with Crippen molar-refractivity contribution in [2.75, 3.05) is 6.54 Å². The molecule has 4 heteroatoms. The van der Waals surface area contributed by atoms with E-state index in [2.05, 4.69) is 5.32 Å². The van der Waals surface area contributed by atoms with Gasteiger partial charge in [0.05, 0.1) is 0 Å². The molecule has 0 aliphatic heterocycles. The number of alkyl carbamates (subject to hydrolysis) is 1. The molecule has 0 spiro atoms. The summed E-state index contributed by atoms with van der Waals surface area (Å²) >= 11 is 0. The van der Waals surface area contributed by atoms with E-state index >= 15 is 0 Å². The minimum Gasteiger partial charge on any atom is -0.444 e. The molecule has 0 saturated heterocycles. The van der Waals surface area contributed by atoms with Crippen molar-refractivity contribution in [1.82, 2.24) is 5.32 Å². The van der Waals surface area contributed by atoms with Crippen LogP contribution in [0.15, 0.2) is 0 Å². The first kappa shape index (κ1) is 14.3. The fourth-order valence-corrected chi connectivity index (χ4v) is 2.20. The molecule has 0 aromatic rings. The van der Waals surface area contributed by atoms with Crippen LogP contribution in [0.1, 0.15) is 52.9 Å². The molecule has 4 nitrogen and oxygen atoms in total. The van der Waals surface area contributed by atoms with Crippen LogP contribution in [0.5, 0.6) is 0 Å². The van der Waals surface area contributed by atoms with Gasteiger partial charge in [0.25, 0.3) is 0 Å². The van der Waals surface area contributed by atoms with Gasteiger partial charge in [0.2, 0.25) is 0 Å². The van der Waals surface area contributed by atoms with E-state index in [0.717, 1.165) is 12.8 Å². The lowest BCUT2D eigenvalue weighted by Gasteiger charge is -2.24. The molecule has 3 N–H and O–H groups in total. The summed E-state index contributed by atoms with van der Waals surface area (Å²) in [5.41, 5.74) is 5.67. The Bertz CT molecular complexity index is 248. The van der Waals surface area contributed by atoms with Gasteiger partial charge < -0.3 is 15.8 Å². The van der Waals surface area contributed by atoms with Crippen molar-refractivity contribution in [3.05, 3.63) is 0 Å². The first-order valence-electron chi connectivity index (χ1n) is 6.61. The smallest absolute Gasteiger partial charge is 0.407 e. The van der Waals surface area contributed by atoms with Crippen LogP contribution in [0.25, 0.3) is 0 Å². The van der Waals surface area contributed by atoms with E-state index in [4.69, 9.17) is 10.5 Å². The minimum absolute atomic E-state index is 0.215. The molecule has 1 rings (SSSR count). The maximum Gasteiger partial charge on any atom is 0.407 e. The Balaban J connectivity index is 2.31. The third-order valence-corrected chi connectivity index (χ3v) is 3.13. The molecule has 0 bridgehead atoms. The molecular weight excluding hydrogens is 216 g/mol. The highest BCUT2D eigenvalue weighted by Crippen LogP contribution is 2.21. The number of hydrogen-bond donors (Lipinski definition) is 2. The van der Waals surface area contributed by atoms with E-state index < -0.39 is 5.60 Å².